The molecule has 4 rings (SSSR count). The van der Waals surface area contributed by atoms with E-state index in [1.54, 1.807) is 42.5 Å². The first kappa shape index (κ1) is 21.4. The molecule has 162 valence electrons. The Morgan fingerprint density at radius 1 is 1.06 bits per heavy atom. The van der Waals surface area contributed by atoms with Crippen LogP contribution in [0.4, 0.5) is 0 Å². The summed E-state index contributed by atoms with van der Waals surface area (Å²) in [6.45, 7) is 2.00. The topological polar surface area (TPSA) is 87.2 Å². The van der Waals surface area contributed by atoms with Crippen molar-refractivity contribution < 1.29 is 18.3 Å². The molecule has 1 aliphatic carbocycles. The van der Waals surface area contributed by atoms with E-state index in [0.29, 0.717) is 11.3 Å². The van der Waals surface area contributed by atoms with E-state index >= 15 is 0 Å². The van der Waals surface area contributed by atoms with Crippen LogP contribution in [0.3, 0.4) is 0 Å². The summed E-state index contributed by atoms with van der Waals surface area (Å²) in [5.41, 5.74) is 4.96. The van der Waals surface area contributed by atoms with E-state index in [1.165, 1.54) is 0 Å². The van der Waals surface area contributed by atoms with Crippen LogP contribution in [0.2, 0.25) is 0 Å². The summed E-state index contributed by atoms with van der Waals surface area (Å²) < 4.78 is 26.7. The van der Waals surface area contributed by atoms with Crippen molar-refractivity contribution in [3.05, 3.63) is 82.7 Å². The van der Waals surface area contributed by atoms with Crippen LogP contribution in [0.1, 0.15) is 59.7 Å². The maximum Gasteiger partial charge on any atom is 0.303 e. The zero-order valence-corrected chi connectivity index (χ0v) is 18.4. The fraction of sp³-hybridized carbons (Fsp3) is 0.320. The minimum Gasteiger partial charge on any atom is -0.481 e. The molecule has 0 saturated heterocycles. The first-order valence-corrected chi connectivity index (χ1v) is 12.2. The molecule has 0 aliphatic heterocycles. The molecule has 1 aliphatic rings. The van der Waals surface area contributed by atoms with Gasteiger partial charge in [0.2, 0.25) is 9.84 Å². The molecule has 2 N–H and O–H groups in total. The molecule has 3 aromatic rings. The summed E-state index contributed by atoms with van der Waals surface area (Å²) >= 11 is 0. The van der Waals surface area contributed by atoms with Crippen molar-refractivity contribution in [3.8, 4) is 0 Å². The predicted octanol–water partition coefficient (Wildman–Crippen LogP) is 5.03. The quantitative estimate of drug-likeness (QED) is 0.530. The lowest BCUT2D eigenvalue weighted by molar-refractivity contribution is -0.137. The normalized spacial score (nSPS) is 16.5. The molecule has 1 atom stereocenters. The fourth-order valence-corrected chi connectivity index (χ4v) is 6.26. The molecule has 0 spiro atoms. The number of H-pyrrole nitrogens is 1. The smallest absolute Gasteiger partial charge is 0.303 e. The van der Waals surface area contributed by atoms with Gasteiger partial charge in [0.15, 0.2) is 0 Å². The molecule has 0 fully saturated rings. The van der Waals surface area contributed by atoms with E-state index in [1.807, 2.05) is 19.1 Å². The van der Waals surface area contributed by atoms with Crippen LogP contribution in [0.5, 0.6) is 0 Å². The zero-order valence-electron chi connectivity index (χ0n) is 17.6. The Morgan fingerprint density at radius 3 is 2.52 bits per heavy atom. The van der Waals surface area contributed by atoms with Gasteiger partial charge in [-0.15, -0.1) is 0 Å². The minimum absolute atomic E-state index is 0.0483. The summed E-state index contributed by atoms with van der Waals surface area (Å²) in [4.78, 5) is 15.6. The number of rotatable bonds is 6. The Hall–Kier alpha value is -2.86. The number of carboxylic acid groups (broad SMARTS) is 1. The van der Waals surface area contributed by atoms with Crippen LogP contribution in [0.25, 0.3) is 0 Å². The van der Waals surface area contributed by atoms with Crippen LogP contribution in [-0.2, 0) is 27.5 Å². The monoisotopic (exact) mass is 437 g/mol. The highest BCUT2D eigenvalue weighted by Crippen LogP contribution is 2.38. The van der Waals surface area contributed by atoms with Crippen molar-refractivity contribution >= 4 is 15.8 Å². The molecule has 1 aromatic heterocycles. The second-order valence-electron chi connectivity index (χ2n) is 8.26. The Labute approximate surface area is 183 Å². The van der Waals surface area contributed by atoms with Gasteiger partial charge in [0.05, 0.1) is 16.2 Å². The van der Waals surface area contributed by atoms with Gasteiger partial charge in [0.1, 0.15) is 0 Å². The molecule has 0 saturated carbocycles. The molecular weight excluding hydrogens is 410 g/mol. The standard InChI is InChI=1S/C25H27NO4S/c1-17-21(25-19(16-24(27)28)10-5-7-13-22(25)26-17)15-18-9-6-8-14-23(18)31(29,30)20-11-3-2-4-12-20/h2-4,6,8-9,11-12,14,19,26H,5,7,10,13,15-16H2,1H3,(H,27,28). The van der Waals surface area contributed by atoms with Crippen molar-refractivity contribution in [1.82, 2.24) is 4.98 Å². The van der Waals surface area contributed by atoms with Crippen LogP contribution in [-0.4, -0.2) is 24.5 Å². The maximum absolute atomic E-state index is 13.3. The average molecular weight is 438 g/mol. The van der Waals surface area contributed by atoms with Crippen LogP contribution in [0.15, 0.2) is 64.4 Å². The van der Waals surface area contributed by atoms with Gasteiger partial charge in [0, 0.05) is 17.8 Å². The van der Waals surface area contributed by atoms with Gasteiger partial charge in [-0.2, -0.15) is 0 Å². The number of aliphatic carboxylic acids is 1. The van der Waals surface area contributed by atoms with E-state index in [0.717, 1.165) is 53.8 Å². The average Bonchev–Trinajstić information content (AvgIpc) is 2.93. The largest absolute Gasteiger partial charge is 0.481 e. The maximum atomic E-state index is 13.3. The lowest BCUT2D eigenvalue weighted by atomic mass is 9.87. The number of hydrogen-bond donors (Lipinski definition) is 2. The van der Waals surface area contributed by atoms with Gasteiger partial charge in [-0.1, -0.05) is 42.8 Å². The van der Waals surface area contributed by atoms with E-state index in [2.05, 4.69) is 4.98 Å². The second-order valence-corrected chi connectivity index (χ2v) is 10.2. The summed E-state index contributed by atoms with van der Waals surface area (Å²) in [6, 6.07) is 15.6. The number of hydrogen-bond acceptors (Lipinski definition) is 3. The highest BCUT2D eigenvalue weighted by molar-refractivity contribution is 7.91. The highest BCUT2D eigenvalue weighted by atomic mass is 32.2. The molecule has 1 unspecified atom stereocenters. The van der Waals surface area contributed by atoms with Gasteiger partial charge in [0.25, 0.3) is 0 Å². The Morgan fingerprint density at radius 2 is 1.77 bits per heavy atom. The SMILES string of the molecule is Cc1[nH]c2c(c1Cc1ccccc1S(=O)(=O)c1ccccc1)C(CC(=O)O)CCCC2. The first-order valence-electron chi connectivity index (χ1n) is 10.7. The third kappa shape index (κ3) is 4.30. The second kappa shape index (κ2) is 8.71. The van der Waals surface area contributed by atoms with E-state index < -0.39 is 15.8 Å². The van der Waals surface area contributed by atoms with E-state index in [4.69, 9.17) is 0 Å². The Bertz CT molecular complexity index is 1200. The van der Waals surface area contributed by atoms with Crippen molar-refractivity contribution in [2.24, 2.45) is 0 Å². The summed E-state index contributed by atoms with van der Waals surface area (Å²) in [5.74, 6) is -0.845. The van der Waals surface area contributed by atoms with Gasteiger partial charge < -0.3 is 10.1 Å². The van der Waals surface area contributed by atoms with Crippen LogP contribution < -0.4 is 0 Å². The summed E-state index contributed by atoms with van der Waals surface area (Å²) in [5, 5.41) is 9.46. The number of carbonyl (C=O) groups is 1. The van der Waals surface area contributed by atoms with Gasteiger partial charge in [-0.3, -0.25) is 4.79 Å². The highest BCUT2D eigenvalue weighted by Gasteiger charge is 2.28. The number of aromatic nitrogens is 1. The van der Waals surface area contributed by atoms with E-state index in [9.17, 15) is 18.3 Å². The molecule has 31 heavy (non-hydrogen) atoms. The summed E-state index contributed by atoms with van der Waals surface area (Å²) in [6.07, 6.45) is 4.32. The van der Waals surface area contributed by atoms with Crippen molar-refractivity contribution in [3.63, 3.8) is 0 Å². The number of sulfone groups is 1. The third-order valence-corrected chi connectivity index (χ3v) is 8.05. The number of benzene rings is 2. The van der Waals surface area contributed by atoms with Crippen LogP contribution >= 0.6 is 0 Å². The van der Waals surface area contributed by atoms with Crippen LogP contribution in [0, 0.1) is 6.92 Å². The molecular formula is C25H27NO4S. The lowest BCUT2D eigenvalue weighted by Gasteiger charge is -2.17. The number of fused-ring (bicyclic) bond motifs is 1. The number of aryl methyl sites for hydroxylation is 2. The predicted molar refractivity (Wildman–Crippen MR) is 119 cm³/mol. The van der Waals surface area contributed by atoms with E-state index in [-0.39, 0.29) is 17.2 Å². The fourth-order valence-electron chi connectivity index (χ4n) is 4.75. The molecule has 0 radical (unpaired) electrons. The zero-order chi connectivity index (χ0) is 22.0. The summed E-state index contributed by atoms with van der Waals surface area (Å²) in [7, 11) is -3.65. The molecule has 5 nitrogen and oxygen atoms in total. The molecule has 1 heterocycles. The number of aromatic amines is 1. The lowest BCUT2D eigenvalue weighted by Crippen LogP contribution is -2.10. The Balaban J connectivity index is 1.79. The van der Waals surface area contributed by atoms with Crippen molar-refractivity contribution in [1.29, 1.82) is 0 Å². The first-order chi connectivity index (χ1) is 14.9. The number of nitrogens with one attached hydrogen (secondary N) is 1. The van der Waals surface area contributed by atoms with Gasteiger partial charge in [-0.05, 0) is 67.0 Å². The molecule has 0 bridgehead atoms. The van der Waals surface area contributed by atoms with Crippen molar-refractivity contribution in [2.75, 3.05) is 0 Å². The number of carboxylic acids is 1. The molecule has 2 aromatic carbocycles. The molecule has 6 heteroatoms. The van der Waals surface area contributed by atoms with Crippen molar-refractivity contribution in [2.45, 2.75) is 61.2 Å². The van der Waals surface area contributed by atoms with Gasteiger partial charge >= 0.3 is 5.97 Å². The minimum atomic E-state index is -3.65. The third-order valence-electron chi connectivity index (χ3n) is 6.18. The Kier molecular flexibility index (Phi) is 6.01. The molecule has 0 amide bonds. The van der Waals surface area contributed by atoms with Gasteiger partial charge in [-0.25, -0.2) is 8.42 Å².